The highest BCUT2D eigenvalue weighted by atomic mass is 32.2. The van der Waals surface area contributed by atoms with Gasteiger partial charge in [0, 0.05) is 5.56 Å². The Kier molecular flexibility index (Phi) is 5.19. The average molecular weight is 410 g/mol. The summed E-state index contributed by atoms with van der Waals surface area (Å²) < 4.78 is 13.9. The van der Waals surface area contributed by atoms with Gasteiger partial charge in [0.25, 0.3) is 5.91 Å². The highest BCUT2D eigenvalue weighted by Gasteiger charge is 2.40. The number of hydrogen-bond acceptors (Lipinski definition) is 5. The number of nitrogens with one attached hydrogen (secondary N) is 1. The standard InChI is InChI=1S/C21H19FN4O2S/c1-3-17(19(27)24-16-11-7-5-9-14(16)22)29-21-25-15-10-6-4-8-13(15)18-23-12(2)20(28)26(18)21/h4-12,17H,3H2,1-2H3,(H,24,27)/t12-,17-/m0/s1. The minimum Gasteiger partial charge on any atom is -0.323 e. The van der Waals surface area contributed by atoms with Gasteiger partial charge in [0.05, 0.1) is 16.6 Å². The van der Waals surface area contributed by atoms with Gasteiger partial charge in [0.1, 0.15) is 17.7 Å². The largest absolute Gasteiger partial charge is 0.323 e. The third kappa shape index (κ3) is 3.55. The third-order valence-corrected chi connectivity index (χ3v) is 6.02. The van der Waals surface area contributed by atoms with Crippen molar-refractivity contribution in [1.29, 1.82) is 0 Å². The van der Waals surface area contributed by atoms with Crippen LogP contribution in [0.1, 0.15) is 25.8 Å². The van der Waals surface area contributed by atoms with Crippen molar-refractivity contribution in [2.24, 2.45) is 9.98 Å². The maximum Gasteiger partial charge on any atom is 0.258 e. The van der Waals surface area contributed by atoms with Crippen LogP contribution in [0, 0.1) is 5.82 Å². The molecule has 8 heteroatoms. The molecule has 0 saturated heterocycles. The summed E-state index contributed by atoms with van der Waals surface area (Å²) in [5.74, 6) is -0.463. The Labute approximate surface area is 171 Å². The first-order chi connectivity index (χ1) is 14.0. The molecular weight excluding hydrogens is 391 g/mol. The lowest BCUT2D eigenvalue weighted by molar-refractivity contribution is -0.124. The maximum absolute atomic E-state index is 13.9. The lowest BCUT2D eigenvalue weighted by Crippen LogP contribution is -2.42. The van der Waals surface area contributed by atoms with Gasteiger partial charge in [-0.3, -0.25) is 14.6 Å². The van der Waals surface area contributed by atoms with Crippen LogP contribution < -0.4 is 5.32 Å². The molecular formula is C21H19FN4O2S. The molecule has 4 rings (SSSR count). The molecule has 2 aliphatic rings. The minimum atomic E-state index is -0.552. The smallest absolute Gasteiger partial charge is 0.258 e. The fraction of sp³-hybridized carbons (Fsp3) is 0.238. The highest BCUT2D eigenvalue weighted by Crippen LogP contribution is 2.35. The molecule has 0 spiro atoms. The van der Waals surface area contributed by atoms with Gasteiger partial charge in [-0.1, -0.05) is 43.0 Å². The summed E-state index contributed by atoms with van der Waals surface area (Å²) in [5.41, 5.74) is 1.62. The second kappa shape index (κ2) is 7.79. The normalized spacial score (nSPS) is 18.5. The van der Waals surface area contributed by atoms with Crippen molar-refractivity contribution in [3.8, 4) is 0 Å². The van der Waals surface area contributed by atoms with E-state index in [2.05, 4.69) is 15.3 Å². The van der Waals surface area contributed by atoms with Crippen molar-refractivity contribution in [2.45, 2.75) is 31.6 Å². The Morgan fingerprint density at radius 1 is 1.24 bits per heavy atom. The molecule has 0 unspecified atom stereocenters. The van der Waals surface area contributed by atoms with Crippen molar-refractivity contribution >= 4 is 46.0 Å². The van der Waals surface area contributed by atoms with E-state index < -0.39 is 17.1 Å². The number of carbonyl (C=O) groups excluding carboxylic acids is 2. The van der Waals surface area contributed by atoms with Gasteiger partial charge < -0.3 is 5.32 Å². The van der Waals surface area contributed by atoms with Crippen molar-refractivity contribution in [3.63, 3.8) is 0 Å². The molecule has 2 aromatic rings. The predicted octanol–water partition coefficient (Wildman–Crippen LogP) is 3.95. The van der Waals surface area contributed by atoms with Gasteiger partial charge in [-0.05, 0) is 37.6 Å². The van der Waals surface area contributed by atoms with Crippen LogP contribution in [0.15, 0.2) is 58.5 Å². The number of para-hydroxylation sites is 2. The quantitative estimate of drug-likeness (QED) is 0.829. The summed E-state index contributed by atoms with van der Waals surface area (Å²) >= 11 is 1.18. The number of amides is 2. The maximum atomic E-state index is 13.9. The van der Waals surface area contributed by atoms with Gasteiger partial charge in [0.15, 0.2) is 5.17 Å². The van der Waals surface area contributed by atoms with E-state index in [0.29, 0.717) is 23.1 Å². The van der Waals surface area contributed by atoms with Gasteiger partial charge in [-0.25, -0.2) is 14.3 Å². The molecule has 2 atom stereocenters. The summed E-state index contributed by atoms with van der Waals surface area (Å²) in [7, 11) is 0. The van der Waals surface area contributed by atoms with Crippen LogP contribution in [-0.2, 0) is 9.59 Å². The molecule has 0 aromatic heterocycles. The molecule has 29 heavy (non-hydrogen) atoms. The number of nitrogens with zero attached hydrogens (tertiary/aromatic N) is 3. The molecule has 0 bridgehead atoms. The van der Waals surface area contributed by atoms with E-state index in [4.69, 9.17) is 0 Å². The topological polar surface area (TPSA) is 74.1 Å². The van der Waals surface area contributed by atoms with Crippen molar-refractivity contribution < 1.29 is 14.0 Å². The molecule has 0 saturated carbocycles. The molecule has 2 heterocycles. The number of carbonyl (C=O) groups is 2. The zero-order valence-corrected chi connectivity index (χ0v) is 16.7. The van der Waals surface area contributed by atoms with Crippen molar-refractivity contribution in [3.05, 3.63) is 59.9 Å². The molecule has 0 radical (unpaired) electrons. The van der Waals surface area contributed by atoms with E-state index in [1.54, 1.807) is 19.1 Å². The molecule has 2 amide bonds. The summed E-state index contributed by atoms with van der Waals surface area (Å²) in [4.78, 5) is 36.1. The zero-order chi connectivity index (χ0) is 20.5. The predicted molar refractivity (Wildman–Crippen MR) is 113 cm³/mol. The van der Waals surface area contributed by atoms with E-state index in [9.17, 15) is 14.0 Å². The summed E-state index contributed by atoms with van der Waals surface area (Å²) in [6.45, 7) is 3.60. The van der Waals surface area contributed by atoms with Gasteiger partial charge in [0.2, 0.25) is 5.91 Å². The average Bonchev–Trinajstić information content (AvgIpc) is 3.03. The first-order valence-corrected chi connectivity index (χ1v) is 10.2. The molecule has 148 valence electrons. The number of thioether (sulfide) groups is 1. The minimum absolute atomic E-state index is 0.126. The number of hydrogen-bond donors (Lipinski definition) is 1. The fourth-order valence-electron chi connectivity index (χ4n) is 3.18. The Morgan fingerprint density at radius 2 is 1.97 bits per heavy atom. The lowest BCUT2D eigenvalue weighted by Gasteiger charge is -2.27. The Balaban J connectivity index is 1.62. The molecule has 2 aromatic carbocycles. The first-order valence-electron chi connectivity index (χ1n) is 9.31. The third-order valence-electron chi connectivity index (χ3n) is 4.70. The molecule has 0 fully saturated rings. The zero-order valence-electron chi connectivity index (χ0n) is 15.9. The number of aliphatic imine (C=N–C) groups is 2. The van der Waals surface area contributed by atoms with Crippen LogP contribution in [0.4, 0.5) is 15.8 Å². The molecule has 6 nitrogen and oxygen atoms in total. The van der Waals surface area contributed by atoms with Crippen LogP contribution in [0.25, 0.3) is 0 Å². The van der Waals surface area contributed by atoms with Crippen LogP contribution >= 0.6 is 11.8 Å². The van der Waals surface area contributed by atoms with Gasteiger partial charge >= 0.3 is 0 Å². The Bertz CT molecular complexity index is 1050. The van der Waals surface area contributed by atoms with Crippen molar-refractivity contribution in [2.75, 3.05) is 5.32 Å². The van der Waals surface area contributed by atoms with Crippen LogP contribution in [0.5, 0.6) is 0 Å². The van der Waals surface area contributed by atoms with Crippen LogP contribution in [-0.4, -0.2) is 39.0 Å². The van der Waals surface area contributed by atoms with Gasteiger partial charge in [-0.15, -0.1) is 0 Å². The van der Waals surface area contributed by atoms with Crippen LogP contribution in [0.2, 0.25) is 0 Å². The van der Waals surface area contributed by atoms with Crippen LogP contribution in [0.3, 0.4) is 0 Å². The first kappa shape index (κ1) is 19.3. The Morgan fingerprint density at radius 3 is 2.72 bits per heavy atom. The van der Waals surface area contributed by atoms with E-state index in [1.807, 2.05) is 31.2 Å². The van der Waals surface area contributed by atoms with E-state index in [-0.39, 0.29) is 17.5 Å². The number of amidine groups is 2. The SMILES string of the molecule is CC[C@H](SC1=Nc2ccccc2C2=N[C@@H](C)C(=O)N12)C(=O)Nc1ccccc1F. The molecule has 0 aliphatic carbocycles. The second-order valence-corrected chi connectivity index (χ2v) is 7.87. The number of rotatable bonds is 4. The van der Waals surface area contributed by atoms with E-state index in [1.165, 1.54) is 28.8 Å². The van der Waals surface area contributed by atoms with E-state index >= 15 is 0 Å². The summed E-state index contributed by atoms with van der Waals surface area (Å²) in [5, 5.41) is 2.48. The highest BCUT2D eigenvalue weighted by molar-refractivity contribution is 8.15. The summed E-state index contributed by atoms with van der Waals surface area (Å²) in [6.07, 6.45) is 0.482. The summed E-state index contributed by atoms with van der Waals surface area (Å²) in [6, 6.07) is 13.0. The fourth-order valence-corrected chi connectivity index (χ4v) is 4.20. The number of fused-ring (bicyclic) bond motifs is 3. The second-order valence-electron chi connectivity index (χ2n) is 6.70. The molecule has 2 aliphatic heterocycles. The lowest BCUT2D eigenvalue weighted by atomic mass is 10.1. The number of halogens is 1. The van der Waals surface area contributed by atoms with Crippen molar-refractivity contribution in [1.82, 2.24) is 4.90 Å². The number of benzene rings is 2. The monoisotopic (exact) mass is 410 g/mol. The number of anilines is 1. The van der Waals surface area contributed by atoms with E-state index in [0.717, 1.165) is 5.56 Å². The Hall–Kier alpha value is -3.00. The van der Waals surface area contributed by atoms with Gasteiger partial charge in [-0.2, -0.15) is 0 Å². The molecule has 1 N–H and O–H groups in total.